The number of halogens is 1. The summed E-state index contributed by atoms with van der Waals surface area (Å²) in [5, 5.41) is 3.31. The standard InChI is InChI=1S/C13H18FNO/c1-9-6-11(16-2)7-12(13(9)14)10-4-3-5-15-8-10/h6-7,10,15H,3-5,8H2,1-2H3. The highest BCUT2D eigenvalue weighted by molar-refractivity contribution is 5.37. The highest BCUT2D eigenvalue weighted by Gasteiger charge is 2.20. The first-order chi connectivity index (χ1) is 7.72. The Morgan fingerprint density at radius 1 is 1.44 bits per heavy atom. The van der Waals surface area contributed by atoms with Gasteiger partial charge in [-0.05, 0) is 55.5 Å². The monoisotopic (exact) mass is 223 g/mol. The van der Waals surface area contributed by atoms with Gasteiger partial charge in [-0.3, -0.25) is 0 Å². The van der Waals surface area contributed by atoms with Gasteiger partial charge in [-0.25, -0.2) is 4.39 Å². The molecular weight excluding hydrogens is 205 g/mol. The lowest BCUT2D eigenvalue weighted by atomic mass is 9.90. The second-order valence-corrected chi connectivity index (χ2v) is 4.39. The third-order valence-corrected chi connectivity index (χ3v) is 3.23. The summed E-state index contributed by atoms with van der Waals surface area (Å²) < 4.78 is 19.2. The van der Waals surface area contributed by atoms with Crippen LogP contribution in [0.3, 0.4) is 0 Å². The Labute approximate surface area is 95.8 Å². The van der Waals surface area contributed by atoms with Crippen LogP contribution in [0.25, 0.3) is 0 Å². The smallest absolute Gasteiger partial charge is 0.129 e. The Hall–Kier alpha value is -1.09. The molecule has 16 heavy (non-hydrogen) atoms. The summed E-state index contributed by atoms with van der Waals surface area (Å²) in [6, 6.07) is 3.58. The van der Waals surface area contributed by atoms with Gasteiger partial charge >= 0.3 is 0 Å². The number of methoxy groups -OCH3 is 1. The number of piperidine rings is 1. The summed E-state index contributed by atoms with van der Waals surface area (Å²) in [6.07, 6.45) is 2.16. The molecule has 2 nitrogen and oxygen atoms in total. The third-order valence-electron chi connectivity index (χ3n) is 3.23. The van der Waals surface area contributed by atoms with Gasteiger partial charge in [0.1, 0.15) is 11.6 Å². The highest BCUT2D eigenvalue weighted by Crippen LogP contribution is 2.30. The number of hydrogen-bond acceptors (Lipinski definition) is 2. The minimum atomic E-state index is -0.0745. The molecule has 0 aromatic heterocycles. The van der Waals surface area contributed by atoms with Crippen molar-refractivity contribution in [3.63, 3.8) is 0 Å². The second-order valence-electron chi connectivity index (χ2n) is 4.39. The summed E-state index contributed by atoms with van der Waals surface area (Å²) in [5.41, 5.74) is 1.46. The summed E-state index contributed by atoms with van der Waals surface area (Å²) in [7, 11) is 1.62. The van der Waals surface area contributed by atoms with Crippen molar-refractivity contribution in [3.8, 4) is 5.75 Å². The van der Waals surface area contributed by atoms with E-state index in [4.69, 9.17) is 4.74 Å². The Kier molecular flexibility index (Phi) is 3.44. The van der Waals surface area contributed by atoms with Gasteiger partial charge in [0.05, 0.1) is 7.11 Å². The fourth-order valence-electron chi connectivity index (χ4n) is 2.29. The van der Waals surface area contributed by atoms with Gasteiger partial charge in [0.2, 0.25) is 0 Å². The zero-order valence-electron chi connectivity index (χ0n) is 9.85. The van der Waals surface area contributed by atoms with Crippen molar-refractivity contribution in [3.05, 3.63) is 29.1 Å². The third kappa shape index (κ3) is 2.19. The van der Waals surface area contributed by atoms with E-state index < -0.39 is 0 Å². The van der Waals surface area contributed by atoms with Gasteiger partial charge in [-0.1, -0.05) is 0 Å². The lowest BCUT2D eigenvalue weighted by molar-refractivity contribution is 0.406. The Morgan fingerprint density at radius 3 is 2.88 bits per heavy atom. The van der Waals surface area contributed by atoms with Crippen molar-refractivity contribution in [2.24, 2.45) is 0 Å². The SMILES string of the molecule is COc1cc(C)c(F)c(C2CCCNC2)c1. The molecule has 0 amide bonds. The maximum Gasteiger partial charge on any atom is 0.129 e. The molecule has 1 aliphatic rings. The molecule has 0 bridgehead atoms. The topological polar surface area (TPSA) is 21.3 Å². The van der Waals surface area contributed by atoms with Crippen LogP contribution in [-0.4, -0.2) is 20.2 Å². The van der Waals surface area contributed by atoms with Crippen LogP contribution in [0.4, 0.5) is 4.39 Å². The predicted octanol–water partition coefficient (Wildman–Crippen LogP) is 2.61. The molecule has 0 saturated carbocycles. The molecule has 1 aromatic rings. The summed E-state index contributed by atoms with van der Waals surface area (Å²) in [6.45, 7) is 3.70. The molecule has 2 rings (SSSR count). The van der Waals surface area contributed by atoms with Crippen LogP contribution in [0.5, 0.6) is 5.75 Å². The lowest BCUT2D eigenvalue weighted by Gasteiger charge is -2.24. The van der Waals surface area contributed by atoms with Crippen LogP contribution in [0.1, 0.15) is 29.9 Å². The van der Waals surface area contributed by atoms with Gasteiger partial charge in [-0.15, -0.1) is 0 Å². The summed E-state index contributed by atoms with van der Waals surface area (Å²) in [5.74, 6) is 0.955. The summed E-state index contributed by atoms with van der Waals surface area (Å²) >= 11 is 0. The van der Waals surface area contributed by atoms with E-state index in [1.807, 2.05) is 6.07 Å². The second kappa shape index (κ2) is 4.83. The van der Waals surface area contributed by atoms with E-state index in [9.17, 15) is 4.39 Å². The average molecular weight is 223 g/mol. The molecular formula is C13H18FNO. The minimum absolute atomic E-state index is 0.0745. The lowest BCUT2D eigenvalue weighted by Crippen LogP contribution is -2.29. The van der Waals surface area contributed by atoms with Crippen molar-refractivity contribution in [1.29, 1.82) is 0 Å². The van der Waals surface area contributed by atoms with Crippen LogP contribution >= 0.6 is 0 Å². The Balaban J connectivity index is 2.33. The quantitative estimate of drug-likeness (QED) is 0.832. The Bertz CT molecular complexity index is 372. The van der Waals surface area contributed by atoms with Crippen LogP contribution in [0, 0.1) is 12.7 Å². The minimum Gasteiger partial charge on any atom is -0.497 e. The fraction of sp³-hybridized carbons (Fsp3) is 0.538. The molecule has 1 saturated heterocycles. The normalized spacial score (nSPS) is 20.8. The molecule has 1 unspecified atom stereocenters. The molecule has 1 fully saturated rings. The zero-order valence-corrected chi connectivity index (χ0v) is 9.85. The van der Waals surface area contributed by atoms with Crippen molar-refractivity contribution in [2.45, 2.75) is 25.7 Å². The maximum atomic E-state index is 14.0. The first kappa shape index (κ1) is 11.4. The molecule has 1 atom stereocenters. The molecule has 0 spiro atoms. The fourth-order valence-corrected chi connectivity index (χ4v) is 2.29. The van der Waals surface area contributed by atoms with E-state index in [0.29, 0.717) is 5.56 Å². The van der Waals surface area contributed by atoms with E-state index in [0.717, 1.165) is 37.2 Å². The van der Waals surface area contributed by atoms with Gasteiger partial charge in [0, 0.05) is 6.54 Å². The van der Waals surface area contributed by atoms with Gasteiger partial charge in [0.25, 0.3) is 0 Å². The first-order valence-electron chi connectivity index (χ1n) is 5.77. The van der Waals surface area contributed by atoms with Crippen LogP contribution in [-0.2, 0) is 0 Å². The number of benzene rings is 1. The molecule has 88 valence electrons. The average Bonchev–Trinajstić information content (AvgIpc) is 2.33. The highest BCUT2D eigenvalue weighted by atomic mass is 19.1. The van der Waals surface area contributed by atoms with E-state index >= 15 is 0 Å². The first-order valence-corrected chi connectivity index (χ1v) is 5.77. The van der Waals surface area contributed by atoms with Crippen molar-refractivity contribution < 1.29 is 9.13 Å². The van der Waals surface area contributed by atoms with Crippen LogP contribution in [0.2, 0.25) is 0 Å². The van der Waals surface area contributed by atoms with Crippen molar-refractivity contribution in [2.75, 3.05) is 20.2 Å². The maximum absolute atomic E-state index is 14.0. The predicted molar refractivity (Wildman–Crippen MR) is 62.5 cm³/mol. The number of ether oxygens (including phenoxy) is 1. The Morgan fingerprint density at radius 2 is 2.25 bits per heavy atom. The van der Waals surface area contributed by atoms with Crippen molar-refractivity contribution >= 4 is 0 Å². The number of aryl methyl sites for hydroxylation is 1. The van der Waals surface area contributed by atoms with Gasteiger partial charge < -0.3 is 10.1 Å². The molecule has 1 aromatic carbocycles. The number of hydrogen-bond donors (Lipinski definition) is 1. The van der Waals surface area contributed by atoms with Crippen LogP contribution in [0.15, 0.2) is 12.1 Å². The molecule has 0 radical (unpaired) electrons. The molecule has 1 N–H and O–H groups in total. The van der Waals surface area contributed by atoms with E-state index in [-0.39, 0.29) is 11.7 Å². The van der Waals surface area contributed by atoms with Crippen LogP contribution < -0.4 is 10.1 Å². The zero-order chi connectivity index (χ0) is 11.5. The van der Waals surface area contributed by atoms with Crippen molar-refractivity contribution in [1.82, 2.24) is 5.32 Å². The molecule has 3 heteroatoms. The van der Waals surface area contributed by atoms with Gasteiger partial charge in [0.15, 0.2) is 0 Å². The molecule has 1 heterocycles. The summed E-state index contributed by atoms with van der Waals surface area (Å²) in [4.78, 5) is 0. The molecule has 1 aliphatic heterocycles. The largest absolute Gasteiger partial charge is 0.497 e. The van der Waals surface area contributed by atoms with E-state index in [2.05, 4.69) is 5.32 Å². The number of nitrogens with one attached hydrogen (secondary N) is 1. The molecule has 0 aliphatic carbocycles. The number of rotatable bonds is 2. The van der Waals surface area contributed by atoms with E-state index in [1.165, 1.54) is 0 Å². The van der Waals surface area contributed by atoms with E-state index in [1.54, 1.807) is 20.1 Å². The van der Waals surface area contributed by atoms with Gasteiger partial charge in [-0.2, -0.15) is 0 Å².